The van der Waals surface area contributed by atoms with Crippen molar-refractivity contribution in [2.75, 3.05) is 40.3 Å². The van der Waals surface area contributed by atoms with Gasteiger partial charge in [-0.3, -0.25) is 4.79 Å². The minimum atomic E-state index is -0.737. The monoisotopic (exact) mass is 283 g/mol. The van der Waals surface area contributed by atoms with Gasteiger partial charge < -0.3 is 19.8 Å². The van der Waals surface area contributed by atoms with Crippen molar-refractivity contribution in [1.82, 2.24) is 14.7 Å². The van der Waals surface area contributed by atoms with Gasteiger partial charge in [0.05, 0.1) is 5.92 Å². The molecule has 2 heterocycles. The maximum Gasteiger partial charge on any atom is 0.320 e. The molecular formula is C14H25N3O3. The van der Waals surface area contributed by atoms with Crippen LogP contribution in [0.5, 0.6) is 0 Å². The highest BCUT2D eigenvalue weighted by atomic mass is 16.4. The zero-order valence-electron chi connectivity index (χ0n) is 12.6. The molecule has 0 bridgehead atoms. The average molecular weight is 283 g/mol. The lowest BCUT2D eigenvalue weighted by molar-refractivity contribution is -0.143. The molecule has 0 saturated carbocycles. The second-order valence-corrected chi connectivity index (χ2v) is 6.30. The van der Waals surface area contributed by atoms with Crippen LogP contribution >= 0.6 is 0 Å². The molecule has 2 aliphatic heterocycles. The summed E-state index contributed by atoms with van der Waals surface area (Å²) >= 11 is 0. The van der Waals surface area contributed by atoms with E-state index in [2.05, 4.69) is 11.8 Å². The van der Waals surface area contributed by atoms with Crippen molar-refractivity contribution in [3.05, 3.63) is 0 Å². The Kier molecular flexibility index (Phi) is 4.52. The van der Waals surface area contributed by atoms with Crippen molar-refractivity contribution in [3.63, 3.8) is 0 Å². The molecule has 2 unspecified atom stereocenters. The maximum absolute atomic E-state index is 12.5. The molecule has 0 spiro atoms. The molecule has 20 heavy (non-hydrogen) atoms. The van der Waals surface area contributed by atoms with Crippen molar-refractivity contribution in [3.8, 4) is 0 Å². The second kappa shape index (κ2) is 5.99. The zero-order valence-corrected chi connectivity index (χ0v) is 12.6. The molecule has 0 aromatic rings. The standard InChI is InChI=1S/C14H25N3O3/c1-10-8-17(9-12(10)15(2)3)14(20)16-6-4-11(5-7-16)13(18)19/h10-12H,4-9H2,1-3H3,(H,18,19). The van der Waals surface area contributed by atoms with Gasteiger partial charge in [0.2, 0.25) is 0 Å². The number of amides is 2. The molecule has 0 aliphatic carbocycles. The fourth-order valence-corrected chi connectivity index (χ4v) is 3.30. The van der Waals surface area contributed by atoms with Gasteiger partial charge in [-0.15, -0.1) is 0 Å². The topological polar surface area (TPSA) is 64.1 Å². The first-order chi connectivity index (χ1) is 9.40. The number of likely N-dealkylation sites (tertiary alicyclic amines) is 2. The summed E-state index contributed by atoms with van der Waals surface area (Å²) in [5.74, 6) is -0.545. The number of hydrogen-bond acceptors (Lipinski definition) is 3. The van der Waals surface area contributed by atoms with Crippen LogP contribution in [0.25, 0.3) is 0 Å². The highest BCUT2D eigenvalue weighted by molar-refractivity contribution is 5.76. The minimum absolute atomic E-state index is 0.0741. The smallest absolute Gasteiger partial charge is 0.320 e. The molecule has 2 amide bonds. The summed E-state index contributed by atoms with van der Waals surface area (Å²) < 4.78 is 0. The number of carboxylic acids is 1. The second-order valence-electron chi connectivity index (χ2n) is 6.30. The van der Waals surface area contributed by atoms with E-state index in [9.17, 15) is 9.59 Å². The highest BCUT2D eigenvalue weighted by Gasteiger charge is 2.36. The van der Waals surface area contributed by atoms with Crippen molar-refractivity contribution in [2.45, 2.75) is 25.8 Å². The SMILES string of the molecule is CC1CN(C(=O)N2CCC(C(=O)O)CC2)CC1N(C)C. The fourth-order valence-electron chi connectivity index (χ4n) is 3.30. The van der Waals surface area contributed by atoms with E-state index in [1.54, 1.807) is 0 Å². The quantitative estimate of drug-likeness (QED) is 0.813. The van der Waals surface area contributed by atoms with Crippen LogP contribution in [0.2, 0.25) is 0 Å². The number of carboxylic acid groups (broad SMARTS) is 1. The molecule has 2 fully saturated rings. The summed E-state index contributed by atoms with van der Waals surface area (Å²) in [6, 6.07) is 0.487. The number of carbonyl (C=O) groups is 2. The Balaban J connectivity index is 1.89. The Morgan fingerprint density at radius 3 is 2.15 bits per heavy atom. The fraction of sp³-hybridized carbons (Fsp3) is 0.857. The van der Waals surface area contributed by atoms with E-state index in [0.717, 1.165) is 13.1 Å². The molecule has 0 aromatic heterocycles. The van der Waals surface area contributed by atoms with Crippen LogP contribution in [0.1, 0.15) is 19.8 Å². The van der Waals surface area contributed by atoms with Crippen molar-refractivity contribution in [2.24, 2.45) is 11.8 Å². The molecule has 0 radical (unpaired) electrons. The third-order valence-electron chi connectivity index (χ3n) is 4.62. The summed E-state index contributed by atoms with van der Waals surface area (Å²) in [5.41, 5.74) is 0. The molecule has 2 aliphatic rings. The van der Waals surface area contributed by atoms with E-state index in [0.29, 0.717) is 37.9 Å². The number of rotatable bonds is 2. The first-order valence-electron chi connectivity index (χ1n) is 7.33. The van der Waals surface area contributed by atoms with E-state index in [1.807, 2.05) is 23.9 Å². The lowest BCUT2D eigenvalue weighted by Crippen LogP contribution is -2.47. The van der Waals surface area contributed by atoms with E-state index >= 15 is 0 Å². The summed E-state index contributed by atoms with van der Waals surface area (Å²) in [6.45, 7) is 4.86. The third kappa shape index (κ3) is 3.06. The van der Waals surface area contributed by atoms with Gasteiger partial charge in [-0.25, -0.2) is 4.79 Å². The Bertz CT molecular complexity index is 378. The Hall–Kier alpha value is -1.30. The molecule has 6 heteroatoms. The number of piperidine rings is 1. The summed E-state index contributed by atoms with van der Waals surface area (Å²) in [4.78, 5) is 29.3. The summed E-state index contributed by atoms with van der Waals surface area (Å²) in [6.07, 6.45) is 1.14. The first kappa shape index (κ1) is 15.1. The van der Waals surface area contributed by atoms with Gasteiger partial charge in [0, 0.05) is 32.2 Å². The molecule has 0 aromatic carbocycles. The van der Waals surface area contributed by atoms with E-state index < -0.39 is 5.97 Å². The van der Waals surface area contributed by atoms with Crippen LogP contribution in [0.3, 0.4) is 0 Å². The molecule has 1 N–H and O–H groups in total. The van der Waals surface area contributed by atoms with E-state index in [-0.39, 0.29) is 11.9 Å². The van der Waals surface area contributed by atoms with Crippen LogP contribution in [-0.4, -0.2) is 78.1 Å². The van der Waals surface area contributed by atoms with Crippen LogP contribution in [-0.2, 0) is 4.79 Å². The Labute approximate surface area is 120 Å². The van der Waals surface area contributed by atoms with E-state index in [1.165, 1.54) is 0 Å². The van der Waals surface area contributed by atoms with E-state index in [4.69, 9.17) is 5.11 Å². The molecule has 2 saturated heterocycles. The molecule has 114 valence electrons. The largest absolute Gasteiger partial charge is 0.481 e. The Morgan fingerprint density at radius 2 is 1.70 bits per heavy atom. The number of urea groups is 1. The molecule has 6 nitrogen and oxygen atoms in total. The predicted octanol–water partition coefficient (Wildman–Crippen LogP) is 0.785. The summed E-state index contributed by atoms with van der Waals surface area (Å²) in [7, 11) is 4.10. The van der Waals surface area contributed by atoms with Crippen molar-refractivity contribution < 1.29 is 14.7 Å². The number of nitrogens with zero attached hydrogens (tertiary/aromatic N) is 3. The molecule has 2 rings (SSSR count). The van der Waals surface area contributed by atoms with Gasteiger partial charge in [0.1, 0.15) is 0 Å². The number of hydrogen-bond donors (Lipinski definition) is 1. The lowest BCUT2D eigenvalue weighted by Gasteiger charge is -2.33. The van der Waals surface area contributed by atoms with Crippen LogP contribution in [0.15, 0.2) is 0 Å². The lowest BCUT2D eigenvalue weighted by atomic mass is 9.97. The van der Waals surface area contributed by atoms with Gasteiger partial charge in [-0.1, -0.05) is 6.92 Å². The van der Waals surface area contributed by atoms with Gasteiger partial charge >= 0.3 is 12.0 Å². The number of aliphatic carboxylic acids is 1. The zero-order chi connectivity index (χ0) is 14.9. The number of likely N-dealkylation sites (N-methyl/N-ethyl adjacent to an activating group) is 1. The minimum Gasteiger partial charge on any atom is -0.481 e. The van der Waals surface area contributed by atoms with Crippen LogP contribution < -0.4 is 0 Å². The highest BCUT2D eigenvalue weighted by Crippen LogP contribution is 2.23. The number of carbonyl (C=O) groups excluding carboxylic acids is 1. The van der Waals surface area contributed by atoms with Gasteiger partial charge in [-0.05, 0) is 32.9 Å². The van der Waals surface area contributed by atoms with Crippen LogP contribution in [0.4, 0.5) is 4.79 Å². The average Bonchev–Trinajstić information content (AvgIpc) is 2.80. The van der Waals surface area contributed by atoms with Crippen molar-refractivity contribution in [1.29, 1.82) is 0 Å². The predicted molar refractivity (Wildman–Crippen MR) is 75.5 cm³/mol. The summed E-state index contributed by atoms with van der Waals surface area (Å²) in [5, 5.41) is 8.99. The van der Waals surface area contributed by atoms with Gasteiger partial charge in [-0.2, -0.15) is 0 Å². The first-order valence-corrected chi connectivity index (χ1v) is 7.33. The van der Waals surface area contributed by atoms with Crippen molar-refractivity contribution >= 4 is 12.0 Å². The normalized spacial score (nSPS) is 28.2. The van der Waals surface area contributed by atoms with Crippen LogP contribution in [0, 0.1) is 11.8 Å². The Morgan fingerprint density at radius 1 is 1.10 bits per heavy atom. The molecular weight excluding hydrogens is 258 g/mol. The van der Waals surface area contributed by atoms with Gasteiger partial charge in [0.25, 0.3) is 0 Å². The molecule has 2 atom stereocenters. The third-order valence-corrected chi connectivity index (χ3v) is 4.62. The maximum atomic E-state index is 12.5. The van der Waals surface area contributed by atoms with Gasteiger partial charge in [0.15, 0.2) is 0 Å².